The lowest BCUT2D eigenvalue weighted by atomic mass is 10.4. The van der Waals surface area contributed by atoms with Crippen LogP contribution in [-0.4, -0.2) is 5.10 Å². The molecule has 3 nitrogen and oxygen atoms in total. The predicted molar refractivity (Wildman–Crippen MR) is 35.8 cm³/mol. The van der Waals surface area contributed by atoms with E-state index in [4.69, 9.17) is 5.73 Å². The summed E-state index contributed by atoms with van der Waals surface area (Å²) >= 11 is 0. The molecule has 0 amide bonds. The summed E-state index contributed by atoms with van der Waals surface area (Å²) in [5.74, 6) is 0. The van der Waals surface area contributed by atoms with E-state index in [0.717, 1.165) is 5.69 Å². The second-order valence-electron chi connectivity index (χ2n) is 2.40. The van der Waals surface area contributed by atoms with Gasteiger partial charge in [0.05, 0.1) is 6.20 Å². The fraction of sp³-hybridized carbons (Fsp3) is 0.500. The van der Waals surface area contributed by atoms with Crippen LogP contribution in [0.2, 0.25) is 0 Å². The van der Waals surface area contributed by atoms with Crippen LogP contribution in [0.3, 0.4) is 0 Å². The van der Waals surface area contributed by atoms with E-state index in [0.29, 0.717) is 6.04 Å². The van der Waals surface area contributed by atoms with Crippen LogP contribution in [0.5, 0.6) is 0 Å². The van der Waals surface area contributed by atoms with Crippen molar-refractivity contribution in [2.75, 3.05) is 5.73 Å². The summed E-state index contributed by atoms with van der Waals surface area (Å²) < 4.78 is 1.95. The first-order chi connectivity index (χ1) is 4.20. The van der Waals surface area contributed by atoms with Gasteiger partial charge in [0.25, 0.3) is 0 Å². The van der Waals surface area contributed by atoms with Gasteiger partial charge in [-0.2, -0.15) is 5.10 Å². The Kier molecular flexibility index (Phi) is 1.42. The minimum atomic E-state index is 0.460. The Morgan fingerprint density at radius 3 is 2.56 bits per heavy atom. The quantitative estimate of drug-likeness (QED) is 0.528. The Hall–Kier alpha value is -0.990. The summed E-state index contributed by atoms with van der Waals surface area (Å²) in [6, 6.07) is 0.460. The fourth-order valence-electron chi connectivity index (χ4n) is 0.682. The number of nitrogens with zero attached hydrogens (tertiary/aromatic N) is 1. The van der Waals surface area contributed by atoms with E-state index >= 15 is 0 Å². The summed E-state index contributed by atoms with van der Waals surface area (Å²) in [7, 11) is 0. The van der Waals surface area contributed by atoms with Crippen molar-refractivity contribution in [3.63, 3.8) is 0 Å². The summed E-state index contributed by atoms with van der Waals surface area (Å²) in [6.07, 6.45) is 3.66. The van der Waals surface area contributed by atoms with Crippen molar-refractivity contribution in [1.82, 2.24) is 5.10 Å². The van der Waals surface area contributed by atoms with Gasteiger partial charge in [0.1, 0.15) is 5.69 Å². The summed E-state index contributed by atoms with van der Waals surface area (Å²) in [6.45, 7) is 4.19. The van der Waals surface area contributed by atoms with E-state index in [1.54, 1.807) is 6.20 Å². The molecule has 1 aromatic heterocycles. The Morgan fingerprint density at radius 1 is 1.67 bits per heavy atom. The predicted octanol–water partition coefficient (Wildman–Crippen LogP) is 0.465. The summed E-state index contributed by atoms with van der Waals surface area (Å²) in [4.78, 5) is 0. The van der Waals surface area contributed by atoms with Gasteiger partial charge in [0.2, 0.25) is 6.20 Å². The molecule has 1 aromatic rings. The Balaban J connectivity index is 2.85. The maximum Gasteiger partial charge on any atom is 0.218 e. The van der Waals surface area contributed by atoms with E-state index in [2.05, 4.69) is 18.9 Å². The van der Waals surface area contributed by atoms with Crippen LogP contribution < -0.4 is 10.4 Å². The van der Waals surface area contributed by atoms with Crippen molar-refractivity contribution in [2.24, 2.45) is 0 Å². The number of rotatable bonds is 1. The number of nitrogens with two attached hydrogens (primary N) is 1. The Morgan fingerprint density at radius 2 is 2.33 bits per heavy atom. The molecule has 0 saturated carbocycles. The third kappa shape index (κ3) is 1.22. The number of anilines is 1. The lowest BCUT2D eigenvalue weighted by molar-refractivity contribution is -0.767. The lowest BCUT2D eigenvalue weighted by Gasteiger charge is -1.90. The van der Waals surface area contributed by atoms with Crippen LogP contribution in [-0.2, 0) is 0 Å². The third-order valence-corrected chi connectivity index (χ3v) is 1.22. The molecule has 1 heterocycles. The minimum absolute atomic E-state index is 0.460. The zero-order valence-corrected chi connectivity index (χ0v) is 5.76. The molecule has 0 aromatic carbocycles. The van der Waals surface area contributed by atoms with Crippen LogP contribution in [0, 0.1) is 0 Å². The zero-order chi connectivity index (χ0) is 6.85. The molecule has 0 bridgehead atoms. The molecular weight excluding hydrogens is 114 g/mol. The Bertz CT molecular complexity index is 190. The minimum Gasteiger partial charge on any atom is -0.392 e. The number of H-pyrrole nitrogens is 1. The first-order valence-corrected chi connectivity index (χ1v) is 3.05. The SMILES string of the molecule is CC(C)[n+]1cc(N)c[nH]1. The molecule has 0 atom stereocenters. The average Bonchev–Trinajstić information content (AvgIpc) is 2.14. The van der Waals surface area contributed by atoms with Gasteiger partial charge in [-0.3, -0.25) is 0 Å². The topological polar surface area (TPSA) is 45.7 Å². The second-order valence-corrected chi connectivity index (χ2v) is 2.40. The molecule has 9 heavy (non-hydrogen) atoms. The number of aromatic amines is 1. The number of hydrogen-bond donors (Lipinski definition) is 2. The summed E-state index contributed by atoms with van der Waals surface area (Å²) in [5.41, 5.74) is 6.25. The first kappa shape index (κ1) is 6.13. The molecule has 0 spiro atoms. The molecule has 0 fully saturated rings. The highest BCUT2D eigenvalue weighted by atomic mass is 15.3. The normalized spacial score (nSPS) is 10.6. The van der Waals surface area contributed by atoms with Gasteiger partial charge in [-0.15, -0.1) is 4.68 Å². The molecule has 3 N–H and O–H groups in total. The van der Waals surface area contributed by atoms with Crippen LogP contribution >= 0.6 is 0 Å². The van der Waals surface area contributed by atoms with E-state index in [-0.39, 0.29) is 0 Å². The number of nitrogen functional groups attached to an aromatic ring is 1. The molecule has 0 aliphatic rings. The standard InChI is InChI=1S/C6H11N3/c1-5(2)9-4-6(7)3-8-9/h3-5H,7H2,1-2H3/p+1. The zero-order valence-electron chi connectivity index (χ0n) is 5.76. The maximum atomic E-state index is 5.46. The highest BCUT2D eigenvalue weighted by Crippen LogP contribution is 1.94. The van der Waals surface area contributed by atoms with Crippen molar-refractivity contribution in [2.45, 2.75) is 19.9 Å². The maximum absolute atomic E-state index is 5.46. The van der Waals surface area contributed by atoms with Crippen LogP contribution in [0.15, 0.2) is 12.4 Å². The lowest BCUT2D eigenvalue weighted by Crippen LogP contribution is -2.36. The van der Waals surface area contributed by atoms with Crippen LogP contribution in [0.25, 0.3) is 0 Å². The van der Waals surface area contributed by atoms with Gasteiger partial charge in [-0.05, 0) is 13.8 Å². The van der Waals surface area contributed by atoms with E-state index < -0.39 is 0 Å². The third-order valence-electron chi connectivity index (χ3n) is 1.22. The Labute approximate surface area is 54.5 Å². The average molecular weight is 126 g/mol. The van der Waals surface area contributed by atoms with Crippen LogP contribution in [0.4, 0.5) is 5.69 Å². The van der Waals surface area contributed by atoms with Gasteiger partial charge in [0.15, 0.2) is 6.04 Å². The van der Waals surface area contributed by atoms with E-state index in [1.807, 2.05) is 10.9 Å². The summed E-state index contributed by atoms with van der Waals surface area (Å²) in [5, 5.41) is 3.00. The highest BCUT2D eigenvalue weighted by molar-refractivity contribution is 5.27. The van der Waals surface area contributed by atoms with Gasteiger partial charge in [-0.25, -0.2) is 0 Å². The van der Waals surface area contributed by atoms with Gasteiger partial charge >= 0.3 is 0 Å². The molecule has 3 heteroatoms. The van der Waals surface area contributed by atoms with Crippen molar-refractivity contribution in [3.8, 4) is 0 Å². The molecule has 0 aliphatic heterocycles. The largest absolute Gasteiger partial charge is 0.392 e. The molecule has 0 radical (unpaired) electrons. The first-order valence-electron chi connectivity index (χ1n) is 3.05. The van der Waals surface area contributed by atoms with Crippen molar-refractivity contribution < 1.29 is 4.68 Å². The van der Waals surface area contributed by atoms with Crippen molar-refractivity contribution in [1.29, 1.82) is 0 Å². The second kappa shape index (κ2) is 2.09. The molecular formula is C6H12N3+. The smallest absolute Gasteiger partial charge is 0.218 e. The van der Waals surface area contributed by atoms with Crippen molar-refractivity contribution >= 4 is 5.69 Å². The van der Waals surface area contributed by atoms with Gasteiger partial charge in [0, 0.05) is 0 Å². The number of aromatic nitrogens is 2. The molecule has 50 valence electrons. The molecule has 1 rings (SSSR count). The fourth-order valence-corrected chi connectivity index (χ4v) is 0.682. The highest BCUT2D eigenvalue weighted by Gasteiger charge is 2.06. The number of nitrogens with one attached hydrogen (secondary N) is 1. The van der Waals surface area contributed by atoms with Crippen molar-refractivity contribution in [3.05, 3.63) is 12.4 Å². The van der Waals surface area contributed by atoms with E-state index in [1.165, 1.54) is 0 Å². The molecule has 0 saturated heterocycles. The van der Waals surface area contributed by atoms with E-state index in [9.17, 15) is 0 Å². The van der Waals surface area contributed by atoms with Crippen LogP contribution in [0.1, 0.15) is 19.9 Å². The van der Waals surface area contributed by atoms with Gasteiger partial charge in [-0.1, -0.05) is 0 Å². The van der Waals surface area contributed by atoms with Gasteiger partial charge < -0.3 is 5.73 Å². The monoisotopic (exact) mass is 126 g/mol. The molecule has 0 unspecified atom stereocenters. The number of hydrogen-bond acceptors (Lipinski definition) is 1. The molecule has 0 aliphatic carbocycles.